The maximum absolute atomic E-state index is 8.89. The first-order chi connectivity index (χ1) is 7.90. The van der Waals surface area contributed by atoms with Gasteiger partial charge in [0.25, 0.3) is 0 Å². The molecule has 1 aliphatic rings. The first-order valence-electron chi connectivity index (χ1n) is 5.05. The molecule has 84 valence electrons. The van der Waals surface area contributed by atoms with Crippen molar-refractivity contribution in [2.24, 2.45) is 0 Å². The lowest BCUT2D eigenvalue weighted by molar-refractivity contribution is 0.956. The number of hydrogen-bond acceptors (Lipinski definition) is 6. The maximum Gasteiger partial charge on any atom is 0.166 e. The SMILES string of the molecule is N#Cc1ccnnc1NCC1CSCCS1. The highest BCUT2D eigenvalue weighted by Crippen LogP contribution is 2.24. The minimum absolute atomic E-state index is 0.559. The lowest BCUT2D eigenvalue weighted by Crippen LogP contribution is -2.23. The lowest BCUT2D eigenvalue weighted by Gasteiger charge is -2.21. The second-order valence-corrected chi connectivity index (χ2v) is 5.91. The van der Waals surface area contributed by atoms with Crippen molar-refractivity contribution < 1.29 is 0 Å². The second-order valence-electron chi connectivity index (χ2n) is 3.35. The quantitative estimate of drug-likeness (QED) is 0.882. The first-order valence-corrected chi connectivity index (χ1v) is 7.25. The number of hydrogen-bond donors (Lipinski definition) is 1. The molecule has 1 aromatic rings. The molecule has 1 fully saturated rings. The number of aromatic nitrogens is 2. The molecule has 0 aliphatic carbocycles. The van der Waals surface area contributed by atoms with Gasteiger partial charge in [0, 0.05) is 29.1 Å². The molecule has 0 radical (unpaired) electrons. The average Bonchev–Trinajstić information content (AvgIpc) is 2.38. The van der Waals surface area contributed by atoms with Gasteiger partial charge in [-0.25, -0.2) is 0 Å². The molecule has 0 bridgehead atoms. The molecular formula is C10H12N4S2. The fraction of sp³-hybridized carbons (Fsp3) is 0.500. The Morgan fingerprint density at radius 2 is 2.50 bits per heavy atom. The van der Waals surface area contributed by atoms with E-state index in [4.69, 9.17) is 5.26 Å². The summed E-state index contributed by atoms with van der Waals surface area (Å²) in [6, 6.07) is 3.78. The van der Waals surface area contributed by atoms with Crippen LogP contribution in [0, 0.1) is 11.3 Å². The van der Waals surface area contributed by atoms with Gasteiger partial charge in [0.15, 0.2) is 5.82 Å². The van der Waals surface area contributed by atoms with Crippen molar-refractivity contribution in [1.82, 2.24) is 10.2 Å². The normalized spacial score (nSPS) is 20.1. The number of nitrogens with one attached hydrogen (secondary N) is 1. The first kappa shape index (κ1) is 11.6. The molecule has 2 heterocycles. The number of nitrogens with zero attached hydrogens (tertiary/aromatic N) is 3. The van der Waals surface area contributed by atoms with Crippen LogP contribution < -0.4 is 5.32 Å². The van der Waals surface area contributed by atoms with Crippen LogP contribution in [-0.4, -0.2) is 39.3 Å². The molecule has 0 saturated carbocycles. The number of nitriles is 1. The minimum atomic E-state index is 0.559. The Kier molecular flexibility index (Phi) is 4.31. The summed E-state index contributed by atoms with van der Waals surface area (Å²) in [5, 5.41) is 20.4. The van der Waals surface area contributed by atoms with Crippen molar-refractivity contribution in [3.05, 3.63) is 17.8 Å². The van der Waals surface area contributed by atoms with Crippen molar-refractivity contribution in [2.45, 2.75) is 5.25 Å². The standard InChI is InChI=1S/C10H12N4S2/c11-5-8-1-2-13-14-10(8)12-6-9-7-15-3-4-16-9/h1-2,9H,3-4,6-7H2,(H,12,14). The maximum atomic E-state index is 8.89. The Morgan fingerprint density at radius 1 is 1.56 bits per heavy atom. The van der Waals surface area contributed by atoms with Gasteiger partial charge in [-0.2, -0.15) is 33.9 Å². The highest BCUT2D eigenvalue weighted by molar-refractivity contribution is 8.06. The lowest BCUT2D eigenvalue weighted by atomic mass is 10.3. The van der Waals surface area contributed by atoms with Crippen molar-refractivity contribution in [3.8, 4) is 6.07 Å². The van der Waals surface area contributed by atoms with Crippen molar-refractivity contribution in [3.63, 3.8) is 0 Å². The van der Waals surface area contributed by atoms with Gasteiger partial charge in [0.1, 0.15) is 6.07 Å². The van der Waals surface area contributed by atoms with E-state index in [-0.39, 0.29) is 0 Å². The molecular weight excluding hydrogens is 240 g/mol. The van der Waals surface area contributed by atoms with E-state index in [1.165, 1.54) is 23.5 Å². The molecule has 1 aliphatic heterocycles. The van der Waals surface area contributed by atoms with E-state index < -0.39 is 0 Å². The predicted octanol–water partition coefficient (Wildman–Crippen LogP) is 1.61. The van der Waals surface area contributed by atoms with E-state index in [0.29, 0.717) is 16.6 Å². The van der Waals surface area contributed by atoms with Gasteiger partial charge in [-0.1, -0.05) is 0 Å². The van der Waals surface area contributed by atoms with Gasteiger partial charge in [-0.05, 0) is 6.07 Å². The van der Waals surface area contributed by atoms with Crippen LogP contribution >= 0.6 is 23.5 Å². The predicted molar refractivity (Wildman–Crippen MR) is 68.8 cm³/mol. The van der Waals surface area contributed by atoms with Crippen LogP contribution in [0.25, 0.3) is 0 Å². The summed E-state index contributed by atoms with van der Waals surface area (Å²) in [6.45, 7) is 0.852. The highest BCUT2D eigenvalue weighted by atomic mass is 32.2. The average molecular weight is 252 g/mol. The number of thioether (sulfide) groups is 2. The van der Waals surface area contributed by atoms with Gasteiger partial charge in [0.05, 0.1) is 11.8 Å². The molecule has 2 rings (SSSR count). The summed E-state index contributed by atoms with van der Waals surface area (Å²) in [5.74, 6) is 4.22. The van der Waals surface area contributed by atoms with Crippen molar-refractivity contribution in [1.29, 1.82) is 5.26 Å². The Balaban J connectivity index is 1.91. The van der Waals surface area contributed by atoms with Crippen LogP contribution in [0.15, 0.2) is 12.3 Å². The van der Waals surface area contributed by atoms with Gasteiger partial charge >= 0.3 is 0 Å². The van der Waals surface area contributed by atoms with E-state index >= 15 is 0 Å². The fourth-order valence-corrected chi connectivity index (χ4v) is 4.03. The summed E-state index contributed by atoms with van der Waals surface area (Å²) in [4.78, 5) is 0. The van der Waals surface area contributed by atoms with Gasteiger partial charge in [0.2, 0.25) is 0 Å². The van der Waals surface area contributed by atoms with E-state index in [9.17, 15) is 0 Å². The summed E-state index contributed by atoms with van der Waals surface area (Å²) in [7, 11) is 0. The third-order valence-corrected chi connectivity index (χ3v) is 5.07. The Bertz CT molecular complexity index is 385. The Morgan fingerprint density at radius 3 is 3.25 bits per heavy atom. The molecule has 6 heteroatoms. The largest absolute Gasteiger partial charge is 0.366 e. The van der Waals surface area contributed by atoms with Crippen LogP contribution in [0.1, 0.15) is 5.56 Å². The van der Waals surface area contributed by atoms with Gasteiger partial charge < -0.3 is 5.32 Å². The van der Waals surface area contributed by atoms with E-state index in [1.54, 1.807) is 6.07 Å². The molecule has 1 N–H and O–H groups in total. The highest BCUT2D eigenvalue weighted by Gasteiger charge is 2.14. The van der Waals surface area contributed by atoms with Crippen molar-refractivity contribution >= 4 is 29.3 Å². The molecule has 0 aromatic carbocycles. The zero-order valence-corrected chi connectivity index (χ0v) is 10.4. The summed E-state index contributed by atoms with van der Waals surface area (Å²) >= 11 is 3.97. The van der Waals surface area contributed by atoms with E-state index in [2.05, 4.69) is 21.6 Å². The second kappa shape index (κ2) is 5.97. The van der Waals surface area contributed by atoms with Crippen LogP contribution in [0.3, 0.4) is 0 Å². The van der Waals surface area contributed by atoms with Crippen LogP contribution in [0.5, 0.6) is 0 Å². The summed E-state index contributed by atoms with van der Waals surface area (Å²) < 4.78 is 0. The third-order valence-electron chi connectivity index (χ3n) is 2.22. The fourth-order valence-electron chi connectivity index (χ4n) is 1.42. The van der Waals surface area contributed by atoms with Crippen molar-refractivity contribution in [2.75, 3.05) is 29.1 Å². The third kappa shape index (κ3) is 3.03. The zero-order chi connectivity index (χ0) is 11.2. The minimum Gasteiger partial charge on any atom is -0.366 e. The topological polar surface area (TPSA) is 61.6 Å². The van der Waals surface area contributed by atoms with Gasteiger partial charge in [-0.3, -0.25) is 0 Å². The Labute approximate surface area is 103 Å². The summed E-state index contributed by atoms with van der Waals surface area (Å²) in [5.41, 5.74) is 0.559. The van der Waals surface area contributed by atoms with Crippen LogP contribution in [0.4, 0.5) is 5.82 Å². The van der Waals surface area contributed by atoms with Gasteiger partial charge in [-0.15, -0.1) is 5.10 Å². The molecule has 0 spiro atoms. The van der Waals surface area contributed by atoms with Crippen LogP contribution in [0.2, 0.25) is 0 Å². The number of rotatable bonds is 3. The molecule has 1 saturated heterocycles. The number of anilines is 1. The zero-order valence-electron chi connectivity index (χ0n) is 8.72. The van der Waals surface area contributed by atoms with E-state index in [0.717, 1.165) is 6.54 Å². The summed E-state index contributed by atoms with van der Waals surface area (Å²) in [6.07, 6.45) is 1.54. The molecule has 16 heavy (non-hydrogen) atoms. The molecule has 1 aromatic heterocycles. The van der Waals surface area contributed by atoms with E-state index in [1.807, 2.05) is 23.5 Å². The smallest absolute Gasteiger partial charge is 0.166 e. The molecule has 4 nitrogen and oxygen atoms in total. The monoisotopic (exact) mass is 252 g/mol. The molecule has 1 unspecified atom stereocenters. The Hall–Kier alpha value is -0.930. The molecule has 1 atom stereocenters. The molecule has 0 amide bonds. The van der Waals surface area contributed by atoms with Crippen LogP contribution in [-0.2, 0) is 0 Å².